The van der Waals surface area contributed by atoms with E-state index in [1.165, 1.54) is 54.5 Å². The van der Waals surface area contributed by atoms with Crippen molar-refractivity contribution in [1.29, 1.82) is 0 Å². The molecule has 1 N–H and O–H groups in total. The van der Waals surface area contributed by atoms with E-state index < -0.39 is 34.3 Å². The Hall–Kier alpha value is -2.85. The summed E-state index contributed by atoms with van der Waals surface area (Å²) in [7, 11) is -2.57. The van der Waals surface area contributed by atoms with Crippen LogP contribution in [0.25, 0.3) is 0 Å². The Morgan fingerprint density at radius 3 is 2.31 bits per heavy atom. The molecule has 0 aliphatic heterocycles. The second kappa shape index (κ2) is 12.2. The van der Waals surface area contributed by atoms with Crippen molar-refractivity contribution >= 4 is 39.1 Å². The number of halogens is 2. The number of carbonyl (C=O) groups is 2. The number of ether oxygens (including phenoxy) is 1. The Balaban J connectivity index is 2.45. The zero-order chi connectivity index (χ0) is 26.3. The van der Waals surface area contributed by atoms with Gasteiger partial charge in [-0.3, -0.25) is 13.9 Å². The van der Waals surface area contributed by atoms with Crippen LogP contribution in [0.4, 0.5) is 10.1 Å². The first-order chi connectivity index (χ1) is 16.4. The Kier molecular flexibility index (Phi) is 9.91. The molecule has 0 fully saturated rings. The Bertz CT molecular complexity index is 1140. The second-order valence-corrected chi connectivity index (χ2v) is 10.6. The average molecular weight is 528 g/mol. The van der Waals surface area contributed by atoms with Gasteiger partial charge in [-0.1, -0.05) is 30.7 Å². The minimum Gasteiger partial charge on any atom is -0.495 e. The number of methoxy groups -OCH3 is 1. The topological polar surface area (TPSA) is 96.0 Å². The maximum absolute atomic E-state index is 13.5. The van der Waals surface area contributed by atoms with E-state index >= 15 is 0 Å². The van der Waals surface area contributed by atoms with Crippen LogP contribution in [0.15, 0.2) is 42.5 Å². The number of hydrogen-bond donors (Lipinski definition) is 1. The summed E-state index contributed by atoms with van der Waals surface area (Å²) in [5.74, 6) is -1.25. The van der Waals surface area contributed by atoms with E-state index in [0.29, 0.717) is 12.0 Å². The number of nitrogens with zero attached hydrogens (tertiary/aromatic N) is 2. The first kappa shape index (κ1) is 28.4. The van der Waals surface area contributed by atoms with Gasteiger partial charge in [0.1, 0.15) is 24.2 Å². The SMILES string of the molecule is CC[C@@H](C)NC(=O)[C@H](C)N(Cc1ccc(F)cc1)C(=O)CN(c1cc(Cl)ccc1OC)S(C)(=O)=O. The van der Waals surface area contributed by atoms with Crippen molar-refractivity contribution in [3.05, 3.63) is 58.9 Å². The van der Waals surface area contributed by atoms with Gasteiger partial charge >= 0.3 is 0 Å². The third kappa shape index (κ3) is 7.83. The molecule has 0 saturated carbocycles. The molecule has 2 amide bonds. The van der Waals surface area contributed by atoms with Crippen LogP contribution in [-0.4, -0.2) is 57.1 Å². The molecule has 2 rings (SSSR count). The first-order valence-electron chi connectivity index (χ1n) is 11.0. The Labute approximate surface area is 211 Å². The highest BCUT2D eigenvalue weighted by Gasteiger charge is 2.31. The molecule has 0 radical (unpaired) electrons. The van der Waals surface area contributed by atoms with E-state index in [2.05, 4.69) is 5.32 Å². The van der Waals surface area contributed by atoms with E-state index in [0.717, 1.165) is 10.6 Å². The van der Waals surface area contributed by atoms with E-state index in [1.807, 2.05) is 13.8 Å². The van der Waals surface area contributed by atoms with Gasteiger partial charge < -0.3 is 15.0 Å². The van der Waals surface area contributed by atoms with Crippen LogP contribution in [0.3, 0.4) is 0 Å². The minimum absolute atomic E-state index is 0.0293. The van der Waals surface area contributed by atoms with Crippen molar-refractivity contribution < 1.29 is 27.1 Å². The predicted molar refractivity (Wildman–Crippen MR) is 135 cm³/mol. The third-order valence-corrected chi connectivity index (χ3v) is 6.88. The lowest BCUT2D eigenvalue weighted by Gasteiger charge is -2.32. The van der Waals surface area contributed by atoms with Gasteiger partial charge in [0.25, 0.3) is 0 Å². The van der Waals surface area contributed by atoms with Crippen molar-refractivity contribution in [2.75, 3.05) is 24.2 Å². The molecule has 0 unspecified atom stereocenters. The lowest BCUT2D eigenvalue weighted by atomic mass is 10.1. The predicted octanol–water partition coefficient (Wildman–Crippen LogP) is 3.59. The zero-order valence-electron chi connectivity index (χ0n) is 20.4. The molecule has 0 aliphatic carbocycles. The van der Waals surface area contributed by atoms with Gasteiger partial charge in [0.2, 0.25) is 21.8 Å². The summed E-state index contributed by atoms with van der Waals surface area (Å²) in [4.78, 5) is 27.7. The lowest BCUT2D eigenvalue weighted by Crippen LogP contribution is -2.52. The Morgan fingerprint density at radius 2 is 1.77 bits per heavy atom. The van der Waals surface area contributed by atoms with Gasteiger partial charge in [-0.2, -0.15) is 0 Å². The van der Waals surface area contributed by atoms with Gasteiger partial charge in [0.15, 0.2) is 0 Å². The van der Waals surface area contributed by atoms with Gasteiger partial charge in [0, 0.05) is 17.6 Å². The second-order valence-electron chi connectivity index (χ2n) is 8.23. The smallest absolute Gasteiger partial charge is 0.244 e. The molecule has 35 heavy (non-hydrogen) atoms. The summed E-state index contributed by atoms with van der Waals surface area (Å²) in [5, 5.41) is 3.09. The molecule has 2 aromatic carbocycles. The largest absolute Gasteiger partial charge is 0.495 e. The standard InChI is InChI=1S/C24H31ClFN3O5S/c1-6-16(2)27-24(31)17(3)28(14-18-7-10-20(26)11-8-18)23(30)15-29(35(5,32)33)21-13-19(25)9-12-22(21)34-4/h7-13,16-17H,6,14-15H2,1-5H3,(H,27,31)/t16-,17+/m1/s1. The molecule has 0 heterocycles. The number of rotatable bonds is 11. The quantitative estimate of drug-likeness (QED) is 0.482. The van der Waals surface area contributed by atoms with Gasteiger partial charge in [-0.05, 0) is 56.2 Å². The fourth-order valence-electron chi connectivity index (χ4n) is 3.29. The van der Waals surface area contributed by atoms with Crippen molar-refractivity contribution in [3.8, 4) is 5.75 Å². The molecule has 192 valence electrons. The van der Waals surface area contributed by atoms with Crippen LogP contribution in [0, 0.1) is 5.82 Å². The highest BCUT2D eigenvalue weighted by molar-refractivity contribution is 7.92. The first-order valence-corrected chi connectivity index (χ1v) is 13.3. The number of amides is 2. The monoisotopic (exact) mass is 527 g/mol. The fourth-order valence-corrected chi connectivity index (χ4v) is 4.30. The molecule has 8 nitrogen and oxygen atoms in total. The van der Waals surface area contributed by atoms with E-state index in [4.69, 9.17) is 16.3 Å². The number of benzene rings is 2. The third-order valence-electron chi connectivity index (χ3n) is 5.52. The molecule has 0 aliphatic rings. The molecule has 2 atom stereocenters. The number of sulfonamides is 1. The normalized spacial score (nSPS) is 13.0. The average Bonchev–Trinajstić information content (AvgIpc) is 2.80. The van der Waals surface area contributed by atoms with Gasteiger partial charge in [-0.25, -0.2) is 12.8 Å². The van der Waals surface area contributed by atoms with E-state index in [-0.39, 0.29) is 35.0 Å². The van der Waals surface area contributed by atoms with E-state index in [1.54, 1.807) is 6.92 Å². The van der Waals surface area contributed by atoms with Crippen LogP contribution in [0.2, 0.25) is 5.02 Å². The molecule has 0 spiro atoms. The van der Waals surface area contributed by atoms with Crippen molar-refractivity contribution in [1.82, 2.24) is 10.2 Å². The molecule has 0 aromatic heterocycles. The zero-order valence-corrected chi connectivity index (χ0v) is 22.0. The number of anilines is 1. The minimum atomic E-state index is -3.95. The summed E-state index contributed by atoms with van der Waals surface area (Å²) in [5.41, 5.74) is 0.670. The molecule has 0 bridgehead atoms. The maximum Gasteiger partial charge on any atom is 0.244 e. The maximum atomic E-state index is 13.5. The summed E-state index contributed by atoms with van der Waals surface area (Å²) >= 11 is 6.09. The van der Waals surface area contributed by atoms with Gasteiger partial charge in [-0.15, -0.1) is 0 Å². The number of carbonyl (C=O) groups excluding carboxylic acids is 2. The molecular formula is C24H31ClFN3O5S. The van der Waals surface area contributed by atoms with Crippen molar-refractivity contribution in [2.24, 2.45) is 0 Å². The summed E-state index contributed by atoms with van der Waals surface area (Å²) in [6, 6.07) is 8.89. The molecule has 2 aromatic rings. The number of nitrogens with one attached hydrogen (secondary N) is 1. The highest BCUT2D eigenvalue weighted by Crippen LogP contribution is 2.33. The van der Waals surface area contributed by atoms with Crippen molar-refractivity contribution in [3.63, 3.8) is 0 Å². The summed E-state index contributed by atoms with van der Waals surface area (Å²) in [6.45, 7) is 4.69. The lowest BCUT2D eigenvalue weighted by molar-refractivity contribution is -0.139. The van der Waals surface area contributed by atoms with Gasteiger partial charge in [0.05, 0.1) is 19.1 Å². The molecule has 0 saturated heterocycles. The molecular weight excluding hydrogens is 497 g/mol. The van der Waals surface area contributed by atoms with Crippen LogP contribution in [-0.2, 0) is 26.2 Å². The van der Waals surface area contributed by atoms with Crippen LogP contribution >= 0.6 is 11.6 Å². The molecule has 11 heteroatoms. The van der Waals surface area contributed by atoms with Crippen LogP contribution < -0.4 is 14.4 Å². The van der Waals surface area contributed by atoms with E-state index in [9.17, 15) is 22.4 Å². The highest BCUT2D eigenvalue weighted by atomic mass is 35.5. The van der Waals surface area contributed by atoms with Crippen LogP contribution in [0.5, 0.6) is 5.75 Å². The summed E-state index contributed by atoms with van der Waals surface area (Å²) in [6.07, 6.45) is 1.66. The van der Waals surface area contributed by atoms with Crippen molar-refractivity contribution in [2.45, 2.75) is 45.8 Å². The Morgan fingerprint density at radius 1 is 1.14 bits per heavy atom. The summed E-state index contributed by atoms with van der Waals surface area (Å²) < 4.78 is 44.9. The number of hydrogen-bond acceptors (Lipinski definition) is 5. The fraction of sp³-hybridized carbons (Fsp3) is 0.417. The van der Waals surface area contributed by atoms with Crippen LogP contribution in [0.1, 0.15) is 32.8 Å².